The van der Waals surface area contributed by atoms with Gasteiger partial charge in [-0.15, -0.1) is 0 Å². The first-order valence-electron chi connectivity index (χ1n) is 6.54. The number of carboxylic acids is 1. The summed E-state index contributed by atoms with van der Waals surface area (Å²) < 4.78 is 0. The summed E-state index contributed by atoms with van der Waals surface area (Å²) in [5.74, 6) is -0.398. The summed E-state index contributed by atoms with van der Waals surface area (Å²) in [6.45, 7) is 4.20. The molecule has 0 saturated heterocycles. The molecule has 0 bridgehead atoms. The normalized spacial score (nSPS) is 18.9. The molecular formula is C15H20ClNO2. The molecule has 1 aliphatic carbocycles. The summed E-state index contributed by atoms with van der Waals surface area (Å²) in [6.07, 6.45) is 2.77. The average molecular weight is 282 g/mol. The van der Waals surface area contributed by atoms with Crippen LogP contribution in [0.4, 0.5) is 0 Å². The minimum Gasteiger partial charge on any atom is -0.480 e. The molecule has 0 aromatic heterocycles. The van der Waals surface area contributed by atoms with Crippen molar-refractivity contribution < 1.29 is 9.90 Å². The number of rotatable bonds is 5. The van der Waals surface area contributed by atoms with Crippen LogP contribution in [0.1, 0.15) is 38.7 Å². The number of aliphatic carboxylic acids is 1. The molecule has 0 radical (unpaired) electrons. The van der Waals surface area contributed by atoms with Gasteiger partial charge in [0.15, 0.2) is 0 Å². The molecule has 0 aliphatic heterocycles. The van der Waals surface area contributed by atoms with Crippen molar-refractivity contribution in [3.63, 3.8) is 0 Å². The smallest absolute Gasteiger partial charge is 0.328 e. The van der Waals surface area contributed by atoms with E-state index >= 15 is 0 Å². The van der Waals surface area contributed by atoms with E-state index < -0.39 is 11.5 Å². The average Bonchev–Trinajstić information content (AvgIpc) is 3.12. The first kappa shape index (κ1) is 14.4. The second-order valence-electron chi connectivity index (χ2n) is 6.22. The van der Waals surface area contributed by atoms with Gasteiger partial charge in [0.05, 0.1) is 0 Å². The first-order valence-corrected chi connectivity index (χ1v) is 6.92. The molecule has 1 saturated carbocycles. The minimum atomic E-state index is -1.35. The van der Waals surface area contributed by atoms with Crippen LogP contribution in [0.3, 0.4) is 0 Å². The fourth-order valence-electron chi connectivity index (χ4n) is 2.78. The SMILES string of the molecule is CC(C)(CC(N)(C(=O)O)c1ccc(Cl)cc1)C1CC1. The largest absolute Gasteiger partial charge is 0.480 e. The monoisotopic (exact) mass is 281 g/mol. The van der Waals surface area contributed by atoms with Crippen LogP contribution in [0, 0.1) is 11.3 Å². The second kappa shape index (κ2) is 4.80. The number of carboxylic acid groups (broad SMARTS) is 1. The Labute approximate surface area is 118 Å². The van der Waals surface area contributed by atoms with Crippen molar-refractivity contribution in [1.29, 1.82) is 0 Å². The van der Waals surface area contributed by atoms with E-state index in [1.54, 1.807) is 24.3 Å². The lowest BCUT2D eigenvalue weighted by molar-refractivity contribution is -0.145. The van der Waals surface area contributed by atoms with Gasteiger partial charge in [0, 0.05) is 5.02 Å². The third-order valence-corrected chi connectivity index (χ3v) is 4.41. The molecule has 1 unspecified atom stereocenters. The molecule has 19 heavy (non-hydrogen) atoms. The summed E-state index contributed by atoms with van der Waals surface area (Å²) in [4.78, 5) is 11.7. The fourth-order valence-corrected chi connectivity index (χ4v) is 2.90. The maximum atomic E-state index is 11.7. The van der Waals surface area contributed by atoms with Gasteiger partial charge in [-0.1, -0.05) is 37.6 Å². The van der Waals surface area contributed by atoms with E-state index in [1.165, 1.54) is 12.8 Å². The van der Waals surface area contributed by atoms with Crippen molar-refractivity contribution in [3.8, 4) is 0 Å². The Kier molecular flexibility index (Phi) is 3.63. The maximum Gasteiger partial charge on any atom is 0.328 e. The number of benzene rings is 1. The van der Waals surface area contributed by atoms with Gasteiger partial charge in [-0.25, -0.2) is 4.79 Å². The number of halogens is 1. The van der Waals surface area contributed by atoms with Crippen LogP contribution in [-0.2, 0) is 10.3 Å². The van der Waals surface area contributed by atoms with Gasteiger partial charge in [-0.2, -0.15) is 0 Å². The van der Waals surface area contributed by atoms with Gasteiger partial charge in [0.1, 0.15) is 5.54 Å². The van der Waals surface area contributed by atoms with Crippen molar-refractivity contribution in [3.05, 3.63) is 34.9 Å². The van der Waals surface area contributed by atoms with E-state index in [9.17, 15) is 9.90 Å². The molecular weight excluding hydrogens is 262 g/mol. The quantitative estimate of drug-likeness (QED) is 0.869. The van der Waals surface area contributed by atoms with Gasteiger partial charge < -0.3 is 10.8 Å². The molecule has 1 fully saturated rings. The second-order valence-corrected chi connectivity index (χ2v) is 6.66. The lowest BCUT2D eigenvalue weighted by atomic mass is 9.72. The van der Waals surface area contributed by atoms with Crippen LogP contribution >= 0.6 is 11.6 Å². The topological polar surface area (TPSA) is 63.3 Å². The third-order valence-electron chi connectivity index (χ3n) is 4.16. The van der Waals surface area contributed by atoms with Gasteiger partial charge in [-0.3, -0.25) is 0 Å². The van der Waals surface area contributed by atoms with Crippen LogP contribution in [0.2, 0.25) is 5.02 Å². The predicted octanol–water partition coefficient (Wildman–Crippen LogP) is 3.40. The molecule has 1 aromatic carbocycles. The van der Waals surface area contributed by atoms with Gasteiger partial charge in [-0.05, 0) is 48.3 Å². The van der Waals surface area contributed by atoms with Crippen molar-refractivity contribution >= 4 is 17.6 Å². The van der Waals surface area contributed by atoms with Crippen molar-refractivity contribution in [2.45, 2.75) is 38.6 Å². The molecule has 1 atom stereocenters. The summed E-state index contributed by atoms with van der Waals surface area (Å²) in [7, 11) is 0. The van der Waals surface area contributed by atoms with Crippen molar-refractivity contribution in [2.24, 2.45) is 17.1 Å². The highest BCUT2D eigenvalue weighted by molar-refractivity contribution is 6.30. The molecule has 3 N–H and O–H groups in total. The Balaban J connectivity index is 2.31. The summed E-state index contributed by atoms with van der Waals surface area (Å²) >= 11 is 5.85. The molecule has 1 aromatic rings. The fraction of sp³-hybridized carbons (Fsp3) is 0.533. The summed E-state index contributed by atoms with van der Waals surface area (Å²) in [5, 5.41) is 10.1. The number of hydrogen-bond donors (Lipinski definition) is 2. The lowest BCUT2D eigenvalue weighted by Crippen LogP contribution is -2.48. The van der Waals surface area contributed by atoms with Gasteiger partial charge >= 0.3 is 5.97 Å². The molecule has 2 rings (SSSR count). The van der Waals surface area contributed by atoms with Crippen molar-refractivity contribution in [2.75, 3.05) is 0 Å². The lowest BCUT2D eigenvalue weighted by Gasteiger charge is -2.35. The highest BCUT2D eigenvalue weighted by Crippen LogP contribution is 2.50. The van der Waals surface area contributed by atoms with Crippen LogP contribution in [0.25, 0.3) is 0 Å². The van der Waals surface area contributed by atoms with Gasteiger partial charge in [0.25, 0.3) is 0 Å². The van der Waals surface area contributed by atoms with E-state index in [1.807, 2.05) is 0 Å². The first-order chi connectivity index (χ1) is 8.75. The molecule has 0 amide bonds. The summed E-state index contributed by atoms with van der Waals surface area (Å²) in [6, 6.07) is 6.79. The summed E-state index contributed by atoms with van der Waals surface area (Å²) in [5.41, 5.74) is 5.42. The number of hydrogen-bond acceptors (Lipinski definition) is 2. The van der Waals surface area contributed by atoms with Crippen LogP contribution in [0.15, 0.2) is 24.3 Å². The Hall–Kier alpha value is -1.06. The number of nitrogens with two attached hydrogens (primary N) is 1. The predicted molar refractivity (Wildman–Crippen MR) is 76.1 cm³/mol. The van der Waals surface area contributed by atoms with E-state index in [0.717, 1.165) is 0 Å². The third kappa shape index (κ3) is 2.93. The van der Waals surface area contributed by atoms with Crippen LogP contribution in [0.5, 0.6) is 0 Å². The Morgan fingerprint density at radius 1 is 1.37 bits per heavy atom. The minimum absolute atomic E-state index is 0.0627. The van der Waals surface area contributed by atoms with Gasteiger partial charge in [0.2, 0.25) is 0 Å². The molecule has 4 heteroatoms. The highest BCUT2D eigenvalue weighted by atomic mass is 35.5. The Bertz CT molecular complexity index is 479. The van der Waals surface area contributed by atoms with Crippen molar-refractivity contribution in [1.82, 2.24) is 0 Å². The van der Waals surface area contributed by atoms with E-state index in [-0.39, 0.29) is 5.41 Å². The Morgan fingerprint density at radius 2 is 1.89 bits per heavy atom. The highest BCUT2D eigenvalue weighted by Gasteiger charge is 2.46. The molecule has 3 nitrogen and oxygen atoms in total. The molecule has 0 heterocycles. The molecule has 1 aliphatic rings. The van der Waals surface area contributed by atoms with E-state index in [4.69, 9.17) is 17.3 Å². The zero-order valence-corrected chi connectivity index (χ0v) is 12.1. The Morgan fingerprint density at radius 3 is 2.32 bits per heavy atom. The van der Waals surface area contributed by atoms with E-state index in [2.05, 4.69) is 13.8 Å². The van der Waals surface area contributed by atoms with Crippen LogP contribution in [-0.4, -0.2) is 11.1 Å². The van der Waals surface area contributed by atoms with Crippen LogP contribution < -0.4 is 5.73 Å². The zero-order valence-electron chi connectivity index (χ0n) is 11.3. The number of carbonyl (C=O) groups is 1. The molecule has 0 spiro atoms. The standard InChI is InChI=1S/C15H20ClNO2/c1-14(2,10-3-4-10)9-15(17,13(18)19)11-5-7-12(16)8-6-11/h5-8,10H,3-4,9,17H2,1-2H3,(H,18,19). The maximum absolute atomic E-state index is 11.7. The van der Waals surface area contributed by atoms with E-state index in [0.29, 0.717) is 22.9 Å². The molecule has 104 valence electrons. The zero-order chi connectivity index (χ0) is 14.3.